The van der Waals surface area contributed by atoms with E-state index in [1.54, 1.807) is 23.5 Å². The maximum Gasteiger partial charge on any atom is 0.125 e. The van der Waals surface area contributed by atoms with Gasteiger partial charge in [0.05, 0.1) is 5.69 Å². The van der Waals surface area contributed by atoms with Crippen LogP contribution in [0.5, 0.6) is 0 Å². The molecule has 2 aromatic rings. The average molecular weight is 355 g/mol. The highest BCUT2D eigenvalue weighted by atomic mass is 79.9. The molecule has 0 amide bonds. The lowest BCUT2D eigenvalue weighted by Gasteiger charge is -2.01. The molecule has 1 N–H and O–H groups in total. The minimum atomic E-state index is -0.228. The second-order valence-corrected chi connectivity index (χ2v) is 6.96. The average Bonchev–Trinajstić information content (AvgIpc) is 3.18. The lowest BCUT2D eigenvalue weighted by Crippen LogP contribution is -2.15. The first-order valence-corrected chi connectivity index (χ1v) is 8.45. The van der Waals surface area contributed by atoms with E-state index in [2.05, 4.69) is 33.2 Å². The molecule has 1 aromatic heterocycles. The van der Waals surface area contributed by atoms with Crippen LogP contribution in [-0.4, -0.2) is 11.0 Å². The largest absolute Gasteiger partial charge is 0.309 e. The van der Waals surface area contributed by atoms with Crippen molar-refractivity contribution < 1.29 is 4.39 Å². The number of nitrogens with zero attached hydrogens (tertiary/aromatic N) is 1. The Morgan fingerprint density at radius 1 is 1.45 bits per heavy atom. The lowest BCUT2D eigenvalue weighted by molar-refractivity contribution is 0.628. The molecule has 3 rings (SSSR count). The molecule has 1 saturated carbocycles. The summed E-state index contributed by atoms with van der Waals surface area (Å²) in [5.74, 6) is -0.228. The standard InChI is InChI=1S/C15H16BrFN2S/c1-2-13-14(8-18-10-4-5-10)20-15(19-13)11-7-9(17)3-6-12(11)16/h3,6-7,10,18H,2,4-5,8H2,1H3. The van der Waals surface area contributed by atoms with Crippen LogP contribution in [0.15, 0.2) is 22.7 Å². The zero-order chi connectivity index (χ0) is 14.1. The Hall–Kier alpha value is -0.780. The number of hydrogen-bond donors (Lipinski definition) is 1. The van der Waals surface area contributed by atoms with Gasteiger partial charge in [0.25, 0.3) is 0 Å². The van der Waals surface area contributed by atoms with Crippen LogP contribution < -0.4 is 5.32 Å². The Balaban J connectivity index is 1.90. The van der Waals surface area contributed by atoms with E-state index in [1.807, 2.05) is 0 Å². The van der Waals surface area contributed by atoms with Crippen LogP contribution in [0.2, 0.25) is 0 Å². The van der Waals surface area contributed by atoms with Crippen LogP contribution in [-0.2, 0) is 13.0 Å². The van der Waals surface area contributed by atoms with Crippen molar-refractivity contribution in [3.8, 4) is 10.6 Å². The maximum atomic E-state index is 13.4. The molecule has 106 valence electrons. The first-order valence-electron chi connectivity index (χ1n) is 6.84. The number of benzene rings is 1. The van der Waals surface area contributed by atoms with E-state index in [0.29, 0.717) is 6.04 Å². The molecule has 0 aliphatic heterocycles. The van der Waals surface area contributed by atoms with E-state index in [9.17, 15) is 4.39 Å². The van der Waals surface area contributed by atoms with Gasteiger partial charge in [0.2, 0.25) is 0 Å². The van der Waals surface area contributed by atoms with E-state index in [0.717, 1.165) is 33.7 Å². The Morgan fingerprint density at radius 2 is 2.25 bits per heavy atom. The molecular formula is C15H16BrFN2S. The van der Waals surface area contributed by atoms with Gasteiger partial charge < -0.3 is 5.32 Å². The molecule has 1 aliphatic rings. The Kier molecular flexibility index (Phi) is 4.19. The summed E-state index contributed by atoms with van der Waals surface area (Å²) < 4.78 is 14.3. The second-order valence-electron chi connectivity index (χ2n) is 5.02. The van der Waals surface area contributed by atoms with Crippen LogP contribution >= 0.6 is 27.3 Å². The minimum Gasteiger partial charge on any atom is -0.309 e. The summed E-state index contributed by atoms with van der Waals surface area (Å²) in [4.78, 5) is 5.95. The molecule has 5 heteroatoms. The third-order valence-corrected chi connectivity index (χ3v) is 5.22. The summed E-state index contributed by atoms with van der Waals surface area (Å²) in [7, 11) is 0. The molecule has 0 bridgehead atoms. The zero-order valence-corrected chi connectivity index (χ0v) is 13.7. The third kappa shape index (κ3) is 3.10. The van der Waals surface area contributed by atoms with Gasteiger partial charge in [-0.2, -0.15) is 0 Å². The fraction of sp³-hybridized carbons (Fsp3) is 0.400. The molecule has 1 aliphatic carbocycles. The summed E-state index contributed by atoms with van der Waals surface area (Å²) in [6, 6.07) is 5.42. The maximum absolute atomic E-state index is 13.4. The van der Waals surface area contributed by atoms with E-state index in [4.69, 9.17) is 0 Å². The highest BCUT2D eigenvalue weighted by molar-refractivity contribution is 9.10. The first-order chi connectivity index (χ1) is 9.67. The van der Waals surface area contributed by atoms with Crippen LogP contribution in [0, 0.1) is 5.82 Å². The van der Waals surface area contributed by atoms with E-state index in [-0.39, 0.29) is 5.82 Å². The molecule has 0 atom stereocenters. The number of halogens is 2. The van der Waals surface area contributed by atoms with Crippen molar-refractivity contribution in [3.63, 3.8) is 0 Å². The van der Waals surface area contributed by atoms with Gasteiger partial charge in [-0.05, 0) is 37.5 Å². The first kappa shape index (κ1) is 14.2. The summed E-state index contributed by atoms with van der Waals surface area (Å²) >= 11 is 5.14. The molecule has 1 heterocycles. The van der Waals surface area contributed by atoms with Gasteiger partial charge in [-0.3, -0.25) is 0 Å². The van der Waals surface area contributed by atoms with Crippen molar-refractivity contribution in [2.24, 2.45) is 0 Å². The van der Waals surface area contributed by atoms with Crippen LogP contribution in [0.4, 0.5) is 4.39 Å². The Labute approximate surface area is 130 Å². The zero-order valence-electron chi connectivity index (χ0n) is 11.2. The predicted octanol–water partition coefficient (Wildman–Crippen LogP) is 4.53. The number of nitrogens with one attached hydrogen (secondary N) is 1. The highest BCUT2D eigenvalue weighted by Crippen LogP contribution is 2.34. The highest BCUT2D eigenvalue weighted by Gasteiger charge is 2.21. The van der Waals surface area contributed by atoms with Crippen molar-refractivity contribution in [2.75, 3.05) is 0 Å². The summed E-state index contributed by atoms with van der Waals surface area (Å²) in [5.41, 5.74) is 1.96. The van der Waals surface area contributed by atoms with E-state index >= 15 is 0 Å². The molecule has 0 unspecified atom stereocenters. The van der Waals surface area contributed by atoms with Crippen molar-refractivity contribution in [1.29, 1.82) is 0 Å². The van der Waals surface area contributed by atoms with Gasteiger partial charge in [0, 0.05) is 27.5 Å². The topological polar surface area (TPSA) is 24.9 Å². The van der Waals surface area contributed by atoms with Gasteiger partial charge in [-0.15, -0.1) is 11.3 Å². The summed E-state index contributed by atoms with van der Waals surface area (Å²) in [6.45, 7) is 2.98. The molecule has 2 nitrogen and oxygen atoms in total. The smallest absolute Gasteiger partial charge is 0.125 e. The van der Waals surface area contributed by atoms with Crippen LogP contribution in [0.25, 0.3) is 10.6 Å². The fourth-order valence-electron chi connectivity index (χ4n) is 2.10. The second kappa shape index (κ2) is 5.92. The molecular weight excluding hydrogens is 339 g/mol. The van der Waals surface area contributed by atoms with Gasteiger partial charge in [0.1, 0.15) is 10.8 Å². The monoisotopic (exact) mass is 354 g/mol. The summed E-state index contributed by atoms with van der Waals surface area (Å²) in [5, 5.41) is 4.41. The molecule has 1 aromatic carbocycles. The number of hydrogen-bond acceptors (Lipinski definition) is 3. The number of thiazole rings is 1. The Bertz CT molecular complexity index is 622. The SMILES string of the molecule is CCc1nc(-c2cc(F)ccc2Br)sc1CNC1CC1. The minimum absolute atomic E-state index is 0.228. The van der Waals surface area contributed by atoms with E-state index < -0.39 is 0 Å². The van der Waals surface area contributed by atoms with Crippen molar-refractivity contribution >= 4 is 27.3 Å². The van der Waals surface area contributed by atoms with Crippen molar-refractivity contribution in [2.45, 2.75) is 38.8 Å². The van der Waals surface area contributed by atoms with Gasteiger partial charge >= 0.3 is 0 Å². The van der Waals surface area contributed by atoms with Crippen molar-refractivity contribution in [3.05, 3.63) is 39.1 Å². The molecule has 0 saturated heterocycles. The molecule has 1 fully saturated rings. The summed E-state index contributed by atoms with van der Waals surface area (Å²) in [6.07, 6.45) is 3.47. The third-order valence-electron chi connectivity index (χ3n) is 3.40. The van der Waals surface area contributed by atoms with Crippen LogP contribution in [0.3, 0.4) is 0 Å². The van der Waals surface area contributed by atoms with Crippen LogP contribution in [0.1, 0.15) is 30.3 Å². The Morgan fingerprint density at radius 3 is 2.95 bits per heavy atom. The normalized spacial score (nSPS) is 14.8. The van der Waals surface area contributed by atoms with E-state index in [1.165, 1.54) is 23.8 Å². The quantitative estimate of drug-likeness (QED) is 0.853. The van der Waals surface area contributed by atoms with Gasteiger partial charge in [-0.1, -0.05) is 22.9 Å². The molecule has 20 heavy (non-hydrogen) atoms. The van der Waals surface area contributed by atoms with Crippen molar-refractivity contribution in [1.82, 2.24) is 10.3 Å². The van der Waals surface area contributed by atoms with Gasteiger partial charge in [0.15, 0.2) is 0 Å². The van der Waals surface area contributed by atoms with Gasteiger partial charge in [-0.25, -0.2) is 9.37 Å². The number of rotatable bonds is 5. The fourth-order valence-corrected chi connectivity index (χ4v) is 3.80. The number of aryl methyl sites for hydroxylation is 1. The molecule has 0 radical (unpaired) electrons. The number of aromatic nitrogens is 1. The molecule has 0 spiro atoms. The lowest BCUT2D eigenvalue weighted by atomic mass is 10.2. The predicted molar refractivity (Wildman–Crippen MR) is 84.4 cm³/mol.